The van der Waals surface area contributed by atoms with Gasteiger partial charge in [-0.25, -0.2) is 0 Å². The SMILES string of the molecule is CCCCc1cc(SC)cc(C(C)C)c1. The summed E-state index contributed by atoms with van der Waals surface area (Å²) in [4.78, 5) is 1.41. The lowest BCUT2D eigenvalue weighted by molar-refractivity contribution is 0.786. The molecule has 0 spiro atoms. The lowest BCUT2D eigenvalue weighted by Gasteiger charge is -2.10. The molecule has 0 saturated heterocycles. The quantitative estimate of drug-likeness (QED) is 0.640. The third kappa shape index (κ3) is 3.90. The van der Waals surface area contributed by atoms with Crippen molar-refractivity contribution in [2.24, 2.45) is 0 Å². The van der Waals surface area contributed by atoms with Gasteiger partial charge in [0.2, 0.25) is 0 Å². The van der Waals surface area contributed by atoms with E-state index < -0.39 is 0 Å². The van der Waals surface area contributed by atoms with E-state index in [0.717, 1.165) is 0 Å². The van der Waals surface area contributed by atoms with Crippen molar-refractivity contribution >= 4 is 11.8 Å². The van der Waals surface area contributed by atoms with Crippen LogP contribution in [0.4, 0.5) is 0 Å². The molecule has 0 saturated carbocycles. The van der Waals surface area contributed by atoms with Crippen LogP contribution in [0.1, 0.15) is 50.7 Å². The highest BCUT2D eigenvalue weighted by Crippen LogP contribution is 2.24. The largest absolute Gasteiger partial charge is 0.130 e. The highest BCUT2D eigenvalue weighted by Gasteiger charge is 2.03. The summed E-state index contributed by atoms with van der Waals surface area (Å²) >= 11 is 1.85. The molecular weight excluding hydrogens is 200 g/mol. The highest BCUT2D eigenvalue weighted by atomic mass is 32.2. The van der Waals surface area contributed by atoms with Crippen LogP contribution in [0.25, 0.3) is 0 Å². The van der Waals surface area contributed by atoms with Crippen LogP contribution < -0.4 is 0 Å². The van der Waals surface area contributed by atoms with Crippen LogP contribution in [0.5, 0.6) is 0 Å². The Kier molecular flexibility index (Phi) is 5.24. The van der Waals surface area contributed by atoms with Gasteiger partial charge in [0.05, 0.1) is 0 Å². The summed E-state index contributed by atoms with van der Waals surface area (Å²) in [6.45, 7) is 6.79. The smallest absolute Gasteiger partial charge is 0.00747 e. The lowest BCUT2D eigenvalue weighted by atomic mass is 9.99. The Morgan fingerprint density at radius 3 is 2.47 bits per heavy atom. The van der Waals surface area contributed by atoms with Crippen LogP contribution in [0.2, 0.25) is 0 Å². The van der Waals surface area contributed by atoms with Crippen molar-refractivity contribution in [3.05, 3.63) is 29.3 Å². The maximum Gasteiger partial charge on any atom is 0.00747 e. The molecule has 0 aliphatic rings. The molecule has 1 aromatic rings. The number of aryl methyl sites for hydroxylation is 1. The Balaban J connectivity index is 2.90. The zero-order valence-electron chi connectivity index (χ0n) is 10.3. The van der Waals surface area contributed by atoms with E-state index in [-0.39, 0.29) is 0 Å². The van der Waals surface area contributed by atoms with Gasteiger partial charge in [0.15, 0.2) is 0 Å². The summed E-state index contributed by atoms with van der Waals surface area (Å²) in [6, 6.07) is 7.04. The van der Waals surface area contributed by atoms with Crippen molar-refractivity contribution in [3.8, 4) is 0 Å². The molecule has 15 heavy (non-hydrogen) atoms. The third-order valence-electron chi connectivity index (χ3n) is 2.71. The molecule has 0 heterocycles. The Labute approximate surface area is 98.5 Å². The Hall–Kier alpha value is -0.430. The van der Waals surface area contributed by atoms with Crippen LogP contribution >= 0.6 is 11.8 Å². The zero-order chi connectivity index (χ0) is 11.3. The summed E-state index contributed by atoms with van der Waals surface area (Å²) < 4.78 is 0. The zero-order valence-corrected chi connectivity index (χ0v) is 11.2. The molecule has 0 nitrogen and oxygen atoms in total. The molecule has 1 heteroatoms. The van der Waals surface area contributed by atoms with Gasteiger partial charge in [-0.3, -0.25) is 0 Å². The fraction of sp³-hybridized carbons (Fsp3) is 0.571. The second-order valence-electron chi connectivity index (χ2n) is 4.37. The molecule has 1 aromatic carbocycles. The third-order valence-corrected chi connectivity index (χ3v) is 3.42. The van der Waals surface area contributed by atoms with Crippen LogP contribution in [-0.2, 0) is 6.42 Å². The molecule has 84 valence electrons. The van der Waals surface area contributed by atoms with Gasteiger partial charge in [-0.1, -0.05) is 33.3 Å². The molecule has 0 radical (unpaired) electrons. The van der Waals surface area contributed by atoms with Gasteiger partial charge < -0.3 is 0 Å². The molecular formula is C14H22S. The van der Waals surface area contributed by atoms with E-state index in [1.165, 1.54) is 35.3 Å². The molecule has 0 N–H and O–H groups in total. The van der Waals surface area contributed by atoms with Crippen LogP contribution in [-0.4, -0.2) is 6.26 Å². The Bertz CT molecular complexity index is 302. The fourth-order valence-corrected chi connectivity index (χ4v) is 2.19. The van der Waals surface area contributed by atoms with E-state index in [0.29, 0.717) is 5.92 Å². The maximum atomic E-state index is 2.38. The molecule has 0 aromatic heterocycles. The number of rotatable bonds is 5. The van der Waals surface area contributed by atoms with Crippen molar-refractivity contribution in [2.45, 2.75) is 50.8 Å². The number of thioether (sulfide) groups is 1. The lowest BCUT2D eigenvalue weighted by Crippen LogP contribution is -1.92. The fourth-order valence-electron chi connectivity index (χ4n) is 1.66. The average molecular weight is 222 g/mol. The van der Waals surface area contributed by atoms with Crippen LogP contribution in [0.15, 0.2) is 23.1 Å². The van der Waals surface area contributed by atoms with E-state index in [1.54, 1.807) is 0 Å². The van der Waals surface area contributed by atoms with E-state index in [4.69, 9.17) is 0 Å². The summed E-state index contributed by atoms with van der Waals surface area (Å²) in [5, 5.41) is 0. The van der Waals surface area contributed by atoms with Crippen LogP contribution in [0.3, 0.4) is 0 Å². The van der Waals surface area contributed by atoms with Gasteiger partial charge in [-0.15, -0.1) is 11.8 Å². The first-order chi connectivity index (χ1) is 7.17. The number of hydrogen-bond acceptors (Lipinski definition) is 1. The first-order valence-corrected chi connectivity index (χ1v) is 7.07. The van der Waals surface area contributed by atoms with Gasteiger partial charge in [-0.05, 0) is 48.3 Å². The van der Waals surface area contributed by atoms with Crippen molar-refractivity contribution in [1.82, 2.24) is 0 Å². The normalized spacial score (nSPS) is 11.0. The predicted molar refractivity (Wildman–Crippen MR) is 70.9 cm³/mol. The molecule has 0 fully saturated rings. The second-order valence-corrected chi connectivity index (χ2v) is 5.25. The number of benzene rings is 1. The molecule has 0 amide bonds. The molecule has 1 rings (SSSR count). The van der Waals surface area contributed by atoms with Gasteiger partial charge >= 0.3 is 0 Å². The number of unbranched alkanes of at least 4 members (excludes halogenated alkanes) is 1. The van der Waals surface area contributed by atoms with Crippen molar-refractivity contribution in [1.29, 1.82) is 0 Å². The molecule has 0 unspecified atom stereocenters. The highest BCUT2D eigenvalue weighted by molar-refractivity contribution is 7.98. The summed E-state index contributed by atoms with van der Waals surface area (Å²) in [6.07, 6.45) is 5.96. The van der Waals surface area contributed by atoms with E-state index in [2.05, 4.69) is 45.2 Å². The summed E-state index contributed by atoms with van der Waals surface area (Å²) in [5.74, 6) is 0.637. The average Bonchev–Trinajstić information content (AvgIpc) is 2.25. The minimum Gasteiger partial charge on any atom is -0.130 e. The van der Waals surface area contributed by atoms with Gasteiger partial charge in [-0.2, -0.15) is 0 Å². The van der Waals surface area contributed by atoms with E-state index >= 15 is 0 Å². The molecule has 0 aliphatic carbocycles. The first-order valence-electron chi connectivity index (χ1n) is 5.85. The molecule has 0 aliphatic heterocycles. The van der Waals surface area contributed by atoms with E-state index in [9.17, 15) is 0 Å². The Morgan fingerprint density at radius 1 is 1.20 bits per heavy atom. The van der Waals surface area contributed by atoms with E-state index in [1.807, 2.05) is 11.8 Å². The van der Waals surface area contributed by atoms with Crippen molar-refractivity contribution in [2.75, 3.05) is 6.26 Å². The second kappa shape index (κ2) is 6.22. The molecule has 0 bridgehead atoms. The number of hydrogen-bond donors (Lipinski definition) is 0. The summed E-state index contributed by atoms with van der Waals surface area (Å²) in [5.41, 5.74) is 2.99. The maximum absolute atomic E-state index is 2.38. The standard InChI is InChI=1S/C14H22S/c1-5-6-7-12-8-13(11(2)3)10-14(9-12)15-4/h8-11H,5-7H2,1-4H3. The van der Waals surface area contributed by atoms with Gasteiger partial charge in [0.25, 0.3) is 0 Å². The molecule has 0 atom stereocenters. The predicted octanol–water partition coefficient (Wildman–Crippen LogP) is 4.87. The monoisotopic (exact) mass is 222 g/mol. The van der Waals surface area contributed by atoms with Crippen LogP contribution in [0, 0.1) is 0 Å². The first kappa shape index (κ1) is 12.6. The topological polar surface area (TPSA) is 0 Å². The van der Waals surface area contributed by atoms with Gasteiger partial charge in [0.1, 0.15) is 0 Å². The van der Waals surface area contributed by atoms with Crippen molar-refractivity contribution < 1.29 is 0 Å². The van der Waals surface area contributed by atoms with Crippen molar-refractivity contribution in [3.63, 3.8) is 0 Å². The van der Waals surface area contributed by atoms with Gasteiger partial charge in [0, 0.05) is 4.90 Å². The Morgan fingerprint density at radius 2 is 1.93 bits per heavy atom. The minimum absolute atomic E-state index is 0.637. The minimum atomic E-state index is 0.637. The summed E-state index contributed by atoms with van der Waals surface area (Å²) in [7, 11) is 0.